The first-order chi connectivity index (χ1) is 9.13. The molecule has 1 aliphatic heterocycles. The molecule has 0 aliphatic carbocycles. The van der Waals surface area contributed by atoms with Gasteiger partial charge >= 0.3 is 12.0 Å². The number of nitrogens with zero attached hydrogens (tertiary/aromatic N) is 1. The molecular formula is C12H23N3O3S. The van der Waals surface area contributed by atoms with Gasteiger partial charge in [-0.05, 0) is 6.42 Å². The Hall–Kier alpha value is -0.950. The van der Waals surface area contributed by atoms with Crippen molar-refractivity contribution in [2.24, 2.45) is 0 Å². The highest BCUT2D eigenvalue weighted by molar-refractivity contribution is 7.99. The highest BCUT2D eigenvalue weighted by Crippen LogP contribution is 2.07. The third-order valence-electron chi connectivity index (χ3n) is 3.00. The molecule has 1 fully saturated rings. The fourth-order valence-corrected chi connectivity index (χ4v) is 2.89. The lowest BCUT2D eigenvalue weighted by atomic mass is 10.2. The van der Waals surface area contributed by atoms with Gasteiger partial charge in [0, 0.05) is 37.7 Å². The van der Waals surface area contributed by atoms with Crippen LogP contribution in [0.4, 0.5) is 4.79 Å². The molecule has 110 valence electrons. The van der Waals surface area contributed by atoms with Crippen molar-refractivity contribution in [3.05, 3.63) is 0 Å². The summed E-state index contributed by atoms with van der Waals surface area (Å²) in [6.45, 7) is 5.38. The van der Waals surface area contributed by atoms with E-state index >= 15 is 0 Å². The van der Waals surface area contributed by atoms with E-state index in [-0.39, 0.29) is 0 Å². The Kier molecular flexibility index (Phi) is 7.66. The summed E-state index contributed by atoms with van der Waals surface area (Å²) in [6.07, 6.45) is 1.18. The van der Waals surface area contributed by atoms with Crippen molar-refractivity contribution in [3.8, 4) is 0 Å². The van der Waals surface area contributed by atoms with Gasteiger partial charge in [-0.15, -0.1) is 0 Å². The van der Waals surface area contributed by atoms with Crippen LogP contribution in [0.5, 0.6) is 0 Å². The highest BCUT2D eigenvalue weighted by Gasteiger charge is 2.18. The number of amides is 2. The fraction of sp³-hybridized carbons (Fsp3) is 0.833. The molecular weight excluding hydrogens is 266 g/mol. The Morgan fingerprint density at radius 3 is 2.63 bits per heavy atom. The molecule has 1 unspecified atom stereocenters. The second-order valence-corrected chi connectivity index (χ2v) is 5.76. The van der Waals surface area contributed by atoms with Gasteiger partial charge in [0.05, 0.1) is 0 Å². The molecule has 0 bridgehead atoms. The number of carboxylic acids is 1. The summed E-state index contributed by atoms with van der Waals surface area (Å²) in [5.74, 6) is 1.30. The maximum atomic E-state index is 11.6. The Morgan fingerprint density at radius 1 is 1.37 bits per heavy atom. The van der Waals surface area contributed by atoms with Crippen LogP contribution < -0.4 is 10.6 Å². The van der Waals surface area contributed by atoms with Crippen molar-refractivity contribution in [2.75, 3.05) is 37.7 Å². The van der Waals surface area contributed by atoms with Crippen LogP contribution in [0.2, 0.25) is 0 Å². The van der Waals surface area contributed by atoms with Gasteiger partial charge in [-0.25, -0.2) is 9.59 Å². The van der Waals surface area contributed by atoms with Crippen LogP contribution in [0, 0.1) is 0 Å². The molecule has 7 heteroatoms. The molecule has 2 amide bonds. The molecule has 0 spiro atoms. The van der Waals surface area contributed by atoms with Crippen molar-refractivity contribution < 1.29 is 14.7 Å². The molecule has 0 aromatic heterocycles. The third-order valence-corrected chi connectivity index (χ3v) is 3.94. The number of nitrogens with one attached hydrogen (secondary N) is 2. The van der Waals surface area contributed by atoms with Gasteiger partial charge in [0.25, 0.3) is 0 Å². The third kappa shape index (κ3) is 6.68. The second-order valence-electron chi connectivity index (χ2n) is 4.53. The first-order valence-electron chi connectivity index (χ1n) is 6.70. The van der Waals surface area contributed by atoms with Crippen LogP contribution in [-0.4, -0.2) is 65.7 Å². The van der Waals surface area contributed by atoms with Crippen molar-refractivity contribution in [1.29, 1.82) is 0 Å². The highest BCUT2D eigenvalue weighted by atomic mass is 32.2. The van der Waals surface area contributed by atoms with Gasteiger partial charge in [0.1, 0.15) is 6.04 Å². The minimum Gasteiger partial charge on any atom is -0.480 e. The zero-order valence-electron chi connectivity index (χ0n) is 11.4. The zero-order valence-corrected chi connectivity index (χ0v) is 12.2. The molecule has 19 heavy (non-hydrogen) atoms. The molecule has 0 saturated carbocycles. The summed E-state index contributed by atoms with van der Waals surface area (Å²) in [6, 6.07) is -1.19. The van der Waals surface area contributed by atoms with Crippen molar-refractivity contribution in [2.45, 2.75) is 25.8 Å². The van der Waals surface area contributed by atoms with E-state index in [4.69, 9.17) is 5.11 Å². The van der Waals surface area contributed by atoms with E-state index in [1.54, 1.807) is 0 Å². The van der Waals surface area contributed by atoms with Crippen LogP contribution in [0.15, 0.2) is 0 Å². The lowest BCUT2D eigenvalue weighted by Crippen LogP contribution is -2.48. The summed E-state index contributed by atoms with van der Waals surface area (Å²) < 4.78 is 0. The Morgan fingerprint density at radius 2 is 2.05 bits per heavy atom. The van der Waals surface area contributed by atoms with Gasteiger partial charge in [-0.2, -0.15) is 11.8 Å². The normalized spacial score (nSPS) is 17.7. The molecule has 0 aromatic rings. The lowest BCUT2D eigenvalue weighted by Gasteiger charge is -2.26. The van der Waals surface area contributed by atoms with Gasteiger partial charge in [-0.1, -0.05) is 13.3 Å². The first kappa shape index (κ1) is 16.1. The van der Waals surface area contributed by atoms with Crippen LogP contribution in [0.3, 0.4) is 0 Å². The summed E-state index contributed by atoms with van der Waals surface area (Å²) in [5.41, 5.74) is 0. The zero-order chi connectivity index (χ0) is 14.1. The van der Waals surface area contributed by atoms with E-state index in [1.165, 1.54) is 0 Å². The minimum atomic E-state index is -0.981. The average molecular weight is 289 g/mol. The monoisotopic (exact) mass is 289 g/mol. The van der Waals surface area contributed by atoms with Gasteiger partial charge in [0.15, 0.2) is 0 Å². The summed E-state index contributed by atoms with van der Waals surface area (Å²) in [7, 11) is 0. The molecule has 1 atom stereocenters. The fourth-order valence-electron chi connectivity index (χ4n) is 1.91. The predicted molar refractivity (Wildman–Crippen MR) is 76.6 cm³/mol. The first-order valence-corrected chi connectivity index (χ1v) is 7.86. The Labute approximate surface area is 118 Å². The van der Waals surface area contributed by atoms with Crippen LogP contribution in [0.25, 0.3) is 0 Å². The SMILES string of the molecule is CCCC(NC(=O)NCCN1CCSCC1)C(=O)O. The van der Waals surface area contributed by atoms with Crippen molar-refractivity contribution in [3.63, 3.8) is 0 Å². The van der Waals surface area contributed by atoms with E-state index in [1.807, 2.05) is 18.7 Å². The summed E-state index contributed by atoms with van der Waals surface area (Å²) >= 11 is 1.95. The molecule has 1 rings (SSSR count). The molecule has 6 nitrogen and oxygen atoms in total. The standard InChI is InChI=1S/C12H23N3O3S/c1-2-3-10(11(16)17)14-12(18)13-4-5-15-6-8-19-9-7-15/h10H,2-9H2,1H3,(H,16,17)(H2,13,14,18). The molecule has 1 aliphatic rings. The van der Waals surface area contributed by atoms with Crippen LogP contribution in [0.1, 0.15) is 19.8 Å². The number of hydrogen-bond acceptors (Lipinski definition) is 4. The smallest absolute Gasteiger partial charge is 0.326 e. The summed E-state index contributed by atoms with van der Waals surface area (Å²) in [5, 5.41) is 14.1. The number of aliphatic carboxylic acids is 1. The number of thioether (sulfide) groups is 1. The number of rotatable bonds is 7. The molecule has 0 aromatic carbocycles. The van der Waals surface area contributed by atoms with E-state index in [0.717, 1.165) is 37.6 Å². The van der Waals surface area contributed by atoms with Gasteiger partial charge in [-0.3, -0.25) is 4.90 Å². The number of carbonyl (C=O) groups excluding carboxylic acids is 1. The predicted octanol–water partition coefficient (Wildman–Crippen LogP) is 0.588. The van der Waals surface area contributed by atoms with Gasteiger partial charge < -0.3 is 15.7 Å². The van der Waals surface area contributed by atoms with E-state index in [9.17, 15) is 9.59 Å². The van der Waals surface area contributed by atoms with E-state index < -0.39 is 18.0 Å². The Balaban J connectivity index is 2.17. The minimum absolute atomic E-state index is 0.396. The maximum absolute atomic E-state index is 11.6. The van der Waals surface area contributed by atoms with Crippen molar-refractivity contribution >= 4 is 23.8 Å². The quantitative estimate of drug-likeness (QED) is 0.639. The van der Waals surface area contributed by atoms with E-state index in [0.29, 0.717) is 13.0 Å². The average Bonchev–Trinajstić information content (AvgIpc) is 2.39. The van der Waals surface area contributed by atoms with Crippen LogP contribution >= 0.6 is 11.8 Å². The van der Waals surface area contributed by atoms with Crippen molar-refractivity contribution in [1.82, 2.24) is 15.5 Å². The largest absolute Gasteiger partial charge is 0.480 e. The lowest BCUT2D eigenvalue weighted by molar-refractivity contribution is -0.139. The van der Waals surface area contributed by atoms with Crippen LogP contribution in [-0.2, 0) is 4.79 Å². The molecule has 1 saturated heterocycles. The second kappa shape index (κ2) is 9.03. The number of urea groups is 1. The number of carboxylic acid groups (broad SMARTS) is 1. The van der Waals surface area contributed by atoms with Gasteiger partial charge in [0.2, 0.25) is 0 Å². The number of carbonyl (C=O) groups is 2. The molecule has 1 heterocycles. The summed E-state index contributed by atoms with van der Waals surface area (Å²) in [4.78, 5) is 24.8. The molecule has 0 radical (unpaired) electrons. The van der Waals surface area contributed by atoms with E-state index in [2.05, 4.69) is 15.5 Å². The Bertz CT molecular complexity index is 296. The topological polar surface area (TPSA) is 81.7 Å². The number of hydrogen-bond donors (Lipinski definition) is 3. The molecule has 3 N–H and O–H groups in total. The maximum Gasteiger partial charge on any atom is 0.326 e.